The molecule has 0 N–H and O–H groups in total. The largest absolute Gasteiger partial charge is 0.296 e. The van der Waals surface area contributed by atoms with Gasteiger partial charge >= 0.3 is 0 Å². The molecule has 3 rings (SSSR count). The summed E-state index contributed by atoms with van der Waals surface area (Å²) >= 11 is 0. The van der Waals surface area contributed by atoms with E-state index in [4.69, 9.17) is 0 Å². The summed E-state index contributed by atoms with van der Waals surface area (Å²) in [5, 5.41) is 4.33. The zero-order valence-corrected chi connectivity index (χ0v) is 12.0. The molecule has 2 aromatic heterocycles. The van der Waals surface area contributed by atoms with E-state index in [1.807, 2.05) is 13.8 Å². The molecule has 1 aromatic carbocycles. The Balaban J connectivity index is 2.25. The van der Waals surface area contributed by atoms with Crippen LogP contribution in [0.2, 0.25) is 0 Å². The Morgan fingerprint density at radius 2 is 1.95 bits per heavy atom. The van der Waals surface area contributed by atoms with Gasteiger partial charge in [-0.2, -0.15) is 5.10 Å². The predicted molar refractivity (Wildman–Crippen MR) is 77.8 cm³/mol. The van der Waals surface area contributed by atoms with Gasteiger partial charge in [0.05, 0.1) is 11.9 Å². The third-order valence-corrected chi connectivity index (χ3v) is 3.43. The van der Waals surface area contributed by atoms with Crippen molar-refractivity contribution in [1.82, 2.24) is 14.6 Å². The van der Waals surface area contributed by atoms with Gasteiger partial charge in [0.1, 0.15) is 5.69 Å². The molecule has 0 unspecified atom stereocenters. The molecule has 22 heavy (non-hydrogen) atoms. The summed E-state index contributed by atoms with van der Waals surface area (Å²) in [6, 6.07) is 5.42. The Morgan fingerprint density at radius 3 is 2.59 bits per heavy atom. The van der Waals surface area contributed by atoms with Crippen molar-refractivity contribution in [3.63, 3.8) is 0 Å². The molecule has 0 bridgehead atoms. The molecular formula is C16H13F2N3O. The van der Waals surface area contributed by atoms with Crippen LogP contribution in [0.5, 0.6) is 0 Å². The molecule has 0 aliphatic carbocycles. The minimum absolute atomic E-state index is 0.136. The number of benzene rings is 1. The van der Waals surface area contributed by atoms with Crippen LogP contribution in [0.3, 0.4) is 0 Å². The van der Waals surface area contributed by atoms with E-state index in [-0.39, 0.29) is 11.6 Å². The number of halogens is 2. The molecule has 0 saturated heterocycles. The number of fused-ring (bicyclic) bond motifs is 1. The molecule has 2 heterocycles. The van der Waals surface area contributed by atoms with E-state index in [0.717, 1.165) is 17.7 Å². The Labute approximate surface area is 125 Å². The van der Waals surface area contributed by atoms with E-state index in [1.54, 1.807) is 6.07 Å². The van der Waals surface area contributed by atoms with E-state index in [1.165, 1.54) is 16.8 Å². The van der Waals surface area contributed by atoms with Gasteiger partial charge in [-0.15, -0.1) is 0 Å². The summed E-state index contributed by atoms with van der Waals surface area (Å²) in [6.07, 6.45) is 2.16. The normalized spacial score (nSPS) is 11.3. The number of imidazole rings is 1. The number of hydrogen-bond donors (Lipinski definition) is 0. The van der Waals surface area contributed by atoms with Crippen LogP contribution >= 0.6 is 0 Å². The van der Waals surface area contributed by atoms with Crippen LogP contribution in [0.15, 0.2) is 30.5 Å². The fourth-order valence-corrected chi connectivity index (χ4v) is 2.30. The molecule has 0 spiro atoms. The topological polar surface area (TPSA) is 47.3 Å². The first-order chi connectivity index (χ1) is 10.5. The van der Waals surface area contributed by atoms with Crippen LogP contribution < -0.4 is 0 Å². The van der Waals surface area contributed by atoms with Gasteiger partial charge in [-0.1, -0.05) is 13.8 Å². The molecule has 3 aromatic rings. The van der Waals surface area contributed by atoms with Gasteiger partial charge in [0.2, 0.25) is 0 Å². The summed E-state index contributed by atoms with van der Waals surface area (Å²) < 4.78 is 28.0. The first kappa shape index (κ1) is 14.3. The van der Waals surface area contributed by atoms with Gasteiger partial charge in [-0.3, -0.25) is 4.79 Å². The van der Waals surface area contributed by atoms with Crippen molar-refractivity contribution in [2.24, 2.45) is 0 Å². The first-order valence-corrected chi connectivity index (χ1v) is 6.80. The van der Waals surface area contributed by atoms with E-state index in [2.05, 4.69) is 10.1 Å². The highest BCUT2D eigenvalue weighted by Gasteiger charge is 2.14. The maximum absolute atomic E-state index is 13.4. The van der Waals surface area contributed by atoms with Crippen molar-refractivity contribution in [3.05, 3.63) is 53.4 Å². The minimum Gasteiger partial charge on any atom is -0.296 e. The molecule has 4 nitrogen and oxygen atoms in total. The summed E-state index contributed by atoms with van der Waals surface area (Å²) in [4.78, 5) is 15.1. The van der Waals surface area contributed by atoms with Crippen molar-refractivity contribution < 1.29 is 13.6 Å². The number of aldehydes is 1. The number of carbonyl (C=O) groups excluding carboxylic acids is 1. The summed E-state index contributed by atoms with van der Waals surface area (Å²) in [5.41, 5.74) is 2.69. The quantitative estimate of drug-likeness (QED) is 0.694. The van der Waals surface area contributed by atoms with Gasteiger partial charge < -0.3 is 0 Å². The van der Waals surface area contributed by atoms with Gasteiger partial charge in [-0.25, -0.2) is 18.3 Å². The number of aromatic nitrogens is 3. The summed E-state index contributed by atoms with van der Waals surface area (Å²) in [7, 11) is 0. The van der Waals surface area contributed by atoms with Crippen molar-refractivity contribution >= 4 is 11.9 Å². The van der Waals surface area contributed by atoms with Crippen LogP contribution in [-0.2, 0) is 0 Å². The lowest BCUT2D eigenvalue weighted by molar-refractivity contribution is 0.111. The molecule has 6 heteroatoms. The van der Waals surface area contributed by atoms with Gasteiger partial charge in [0, 0.05) is 11.1 Å². The predicted octanol–water partition coefficient (Wildman–Crippen LogP) is 3.61. The number of carbonyl (C=O) groups is 1. The van der Waals surface area contributed by atoms with Crippen molar-refractivity contribution in [3.8, 4) is 11.3 Å². The summed E-state index contributed by atoms with van der Waals surface area (Å²) in [5.74, 6) is -1.69. The monoisotopic (exact) mass is 301 g/mol. The summed E-state index contributed by atoms with van der Waals surface area (Å²) in [6.45, 7) is 3.97. The zero-order valence-electron chi connectivity index (χ0n) is 12.0. The van der Waals surface area contributed by atoms with Gasteiger partial charge in [0.25, 0.3) is 0 Å². The van der Waals surface area contributed by atoms with E-state index < -0.39 is 11.6 Å². The zero-order chi connectivity index (χ0) is 15.9. The third-order valence-electron chi connectivity index (χ3n) is 3.43. The molecular weight excluding hydrogens is 288 g/mol. The van der Waals surface area contributed by atoms with Crippen LogP contribution in [0.4, 0.5) is 8.78 Å². The standard InChI is InChI=1S/C16H13F2N3O/c1-9(2)12-6-15(10-3-4-13(17)14(18)5-10)20-21-7-11(8-22)19-16(12)21/h3-9H,1-2H3. The Kier molecular flexibility index (Phi) is 3.44. The van der Waals surface area contributed by atoms with Crippen molar-refractivity contribution in [1.29, 1.82) is 0 Å². The van der Waals surface area contributed by atoms with Gasteiger partial charge in [-0.05, 0) is 30.2 Å². The molecule has 0 fully saturated rings. The maximum Gasteiger partial charge on any atom is 0.170 e. The maximum atomic E-state index is 13.4. The van der Waals surface area contributed by atoms with Crippen LogP contribution in [-0.4, -0.2) is 20.9 Å². The molecule has 0 saturated carbocycles. The van der Waals surface area contributed by atoms with Gasteiger partial charge in [0.15, 0.2) is 23.6 Å². The molecule has 0 aliphatic heterocycles. The minimum atomic E-state index is -0.926. The van der Waals surface area contributed by atoms with Crippen molar-refractivity contribution in [2.45, 2.75) is 19.8 Å². The van der Waals surface area contributed by atoms with Crippen molar-refractivity contribution in [2.75, 3.05) is 0 Å². The number of rotatable bonds is 3. The van der Waals surface area contributed by atoms with E-state index in [9.17, 15) is 13.6 Å². The number of nitrogens with zero attached hydrogens (tertiary/aromatic N) is 3. The fourth-order valence-electron chi connectivity index (χ4n) is 2.30. The Morgan fingerprint density at radius 1 is 1.18 bits per heavy atom. The molecule has 112 valence electrons. The number of hydrogen-bond acceptors (Lipinski definition) is 3. The van der Waals surface area contributed by atoms with Crippen LogP contribution in [0, 0.1) is 11.6 Å². The molecule has 0 aliphatic rings. The Hall–Kier alpha value is -2.63. The van der Waals surface area contributed by atoms with E-state index >= 15 is 0 Å². The average Bonchev–Trinajstić information content (AvgIpc) is 2.91. The molecule has 0 radical (unpaired) electrons. The average molecular weight is 301 g/mol. The van der Waals surface area contributed by atoms with Crippen LogP contribution in [0.25, 0.3) is 16.9 Å². The Bertz CT molecular complexity index is 871. The lowest BCUT2D eigenvalue weighted by Gasteiger charge is -2.10. The lowest BCUT2D eigenvalue weighted by atomic mass is 10.0. The smallest absolute Gasteiger partial charge is 0.170 e. The second-order valence-corrected chi connectivity index (χ2v) is 5.32. The fraction of sp³-hybridized carbons (Fsp3) is 0.188. The SMILES string of the molecule is CC(C)c1cc(-c2ccc(F)c(F)c2)nn2cc(C=O)nc12. The third kappa shape index (κ3) is 2.36. The van der Waals surface area contributed by atoms with Crippen LogP contribution in [0.1, 0.15) is 35.8 Å². The van der Waals surface area contributed by atoms with E-state index in [0.29, 0.717) is 23.2 Å². The highest BCUT2D eigenvalue weighted by molar-refractivity contribution is 5.74. The highest BCUT2D eigenvalue weighted by atomic mass is 19.2. The highest BCUT2D eigenvalue weighted by Crippen LogP contribution is 2.26. The first-order valence-electron chi connectivity index (χ1n) is 6.80. The second kappa shape index (κ2) is 5.29. The second-order valence-electron chi connectivity index (χ2n) is 5.32. The molecule has 0 amide bonds. The molecule has 0 atom stereocenters. The lowest BCUT2D eigenvalue weighted by Crippen LogP contribution is -2.01.